The molecule has 0 saturated carbocycles. The number of hydrogen-bond donors (Lipinski definition) is 0. The molecule has 0 radical (unpaired) electrons. The number of allylic oxidation sites excluding steroid dienone is 2. The van der Waals surface area contributed by atoms with E-state index >= 15 is 0 Å². The number of ether oxygens (including phenoxy) is 2. The number of carbonyl (C=O) groups excluding carboxylic acids is 1. The van der Waals surface area contributed by atoms with Gasteiger partial charge < -0.3 is 9.47 Å². The zero-order valence-corrected chi connectivity index (χ0v) is 10.3. The molecule has 104 valence electrons. The second kappa shape index (κ2) is 8.74. The van der Waals surface area contributed by atoms with E-state index in [1.807, 2.05) is 0 Å². The van der Waals surface area contributed by atoms with Gasteiger partial charge in [-0.15, -0.1) is 0 Å². The molecule has 0 aliphatic rings. The summed E-state index contributed by atoms with van der Waals surface area (Å²) in [6.07, 6.45) is -1.72. The summed E-state index contributed by atoms with van der Waals surface area (Å²) in [5.41, 5.74) is 0.459. The van der Waals surface area contributed by atoms with Crippen LogP contribution in [-0.4, -0.2) is 32.0 Å². The highest BCUT2D eigenvalue weighted by atomic mass is 19.4. The van der Waals surface area contributed by atoms with Crippen molar-refractivity contribution < 1.29 is 27.4 Å². The molecule has 0 N–H and O–H groups in total. The summed E-state index contributed by atoms with van der Waals surface area (Å²) >= 11 is 0. The molecule has 0 spiro atoms. The Morgan fingerprint density at radius 3 is 2.44 bits per heavy atom. The van der Waals surface area contributed by atoms with Gasteiger partial charge in [0.15, 0.2) is 0 Å². The van der Waals surface area contributed by atoms with Gasteiger partial charge in [0, 0.05) is 5.57 Å². The van der Waals surface area contributed by atoms with E-state index < -0.39 is 25.2 Å². The fraction of sp³-hybridized carbons (Fsp3) is 0.583. The molecule has 0 rings (SSSR count). The van der Waals surface area contributed by atoms with Gasteiger partial charge in [-0.1, -0.05) is 25.7 Å². The first-order valence-electron chi connectivity index (χ1n) is 5.54. The van der Waals surface area contributed by atoms with Crippen LogP contribution in [0.4, 0.5) is 13.2 Å². The van der Waals surface area contributed by atoms with Crippen LogP contribution in [0.25, 0.3) is 0 Å². The first-order valence-corrected chi connectivity index (χ1v) is 5.54. The summed E-state index contributed by atoms with van der Waals surface area (Å²) in [6, 6.07) is 0. The number of hydrogen-bond acceptors (Lipinski definition) is 3. The Kier molecular flexibility index (Phi) is 8.11. The second-order valence-electron chi connectivity index (χ2n) is 3.39. The molecule has 0 aromatic rings. The number of alkyl halides is 3. The fourth-order valence-electron chi connectivity index (χ4n) is 1.05. The van der Waals surface area contributed by atoms with Crippen molar-refractivity contribution in [2.24, 2.45) is 0 Å². The van der Waals surface area contributed by atoms with Gasteiger partial charge in [-0.25, -0.2) is 4.79 Å². The van der Waals surface area contributed by atoms with E-state index in [0.717, 1.165) is 0 Å². The van der Waals surface area contributed by atoms with Crippen molar-refractivity contribution in [1.29, 1.82) is 0 Å². The zero-order valence-electron chi connectivity index (χ0n) is 10.3. The van der Waals surface area contributed by atoms with Crippen LogP contribution in [0, 0.1) is 0 Å². The topological polar surface area (TPSA) is 35.5 Å². The first-order chi connectivity index (χ1) is 8.40. The highest BCUT2D eigenvalue weighted by molar-refractivity contribution is 5.88. The Hall–Kier alpha value is -1.30. The summed E-state index contributed by atoms with van der Waals surface area (Å²) in [6.45, 7) is 4.71. The van der Waals surface area contributed by atoms with Gasteiger partial charge in [-0.3, -0.25) is 0 Å². The van der Waals surface area contributed by atoms with E-state index in [1.54, 1.807) is 6.92 Å². The maximum Gasteiger partial charge on any atom is 0.391 e. The minimum Gasteiger partial charge on any atom is -0.460 e. The standard InChI is InChI=1S/C12H17F3O3/c1-3-5-10(4-2)11(16)18-9-8-17-7-6-12(13,14)15/h3,5H,1,4,6-9H2,2H3/b10-5+. The van der Waals surface area contributed by atoms with Crippen LogP contribution < -0.4 is 0 Å². The lowest BCUT2D eigenvalue weighted by Crippen LogP contribution is -2.15. The third-order valence-corrected chi connectivity index (χ3v) is 1.95. The first kappa shape index (κ1) is 16.7. The van der Waals surface area contributed by atoms with E-state index in [1.165, 1.54) is 12.2 Å². The summed E-state index contributed by atoms with van der Waals surface area (Å²) in [5.74, 6) is -0.503. The van der Waals surface area contributed by atoms with Crippen LogP contribution >= 0.6 is 0 Å². The van der Waals surface area contributed by atoms with Crippen LogP contribution in [-0.2, 0) is 14.3 Å². The quantitative estimate of drug-likeness (QED) is 0.293. The van der Waals surface area contributed by atoms with E-state index in [-0.39, 0.29) is 13.2 Å². The summed E-state index contributed by atoms with van der Waals surface area (Å²) in [4.78, 5) is 11.4. The predicted molar refractivity (Wildman–Crippen MR) is 61.0 cm³/mol. The van der Waals surface area contributed by atoms with E-state index in [0.29, 0.717) is 12.0 Å². The van der Waals surface area contributed by atoms with E-state index in [2.05, 4.69) is 6.58 Å². The van der Waals surface area contributed by atoms with Crippen LogP contribution in [0.3, 0.4) is 0 Å². The molecule has 0 aliphatic heterocycles. The number of halogens is 3. The zero-order chi connectivity index (χ0) is 14.0. The Bertz CT molecular complexity index is 295. The van der Waals surface area contributed by atoms with Gasteiger partial charge in [-0.05, 0) is 6.42 Å². The molecule has 0 aliphatic carbocycles. The van der Waals surface area contributed by atoms with Crippen LogP contribution in [0.2, 0.25) is 0 Å². The Morgan fingerprint density at radius 1 is 1.28 bits per heavy atom. The average Bonchev–Trinajstić information content (AvgIpc) is 2.28. The van der Waals surface area contributed by atoms with Crippen LogP contribution in [0.15, 0.2) is 24.3 Å². The molecule has 18 heavy (non-hydrogen) atoms. The van der Waals surface area contributed by atoms with E-state index in [9.17, 15) is 18.0 Å². The Labute approximate surface area is 104 Å². The third kappa shape index (κ3) is 8.81. The molecule has 0 unspecified atom stereocenters. The van der Waals surface area contributed by atoms with Crippen molar-refractivity contribution in [1.82, 2.24) is 0 Å². The molecule has 0 saturated heterocycles. The van der Waals surface area contributed by atoms with Gasteiger partial charge in [0.1, 0.15) is 6.61 Å². The SMILES string of the molecule is C=C/C=C(\CC)C(=O)OCCOCCC(F)(F)F. The monoisotopic (exact) mass is 266 g/mol. The molecule has 0 fully saturated rings. The minimum atomic E-state index is -4.22. The van der Waals surface area contributed by atoms with Crippen molar-refractivity contribution >= 4 is 5.97 Å². The summed E-state index contributed by atoms with van der Waals surface area (Å²) < 4.78 is 44.8. The molecule has 0 aromatic heterocycles. The van der Waals surface area contributed by atoms with Gasteiger partial charge in [0.25, 0.3) is 0 Å². The Morgan fingerprint density at radius 2 is 1.94 bits per heavy atom. The number of rotatable bonds is 8. The van der Waals surface area contributed by atoms with Crippen molar-refractivity contribution in [3.05, 3.63) is 24.3 Å². The van der Waals surface area contributed by atoms with Crippen molar-refractivity contribution in [2.45, 2.75) is 25.9 Å². The highest BCUT2D eigenvalue weighted by Crippen LogP contribution is 2.18. The number of carbonyl (C=O) groups is 1. The maximum atomic E-state index is 11.7. The molecular formula is C12H17F3O3. The van der Waals surface area contributed by atoms with Crippen molar-refractivity contribution in [3.8, 4) is 0 Å². The smallest absolute Gasteiger partial charge is 0.391 e. The van der Waals surface area contributed by atoms with Crippen molar-refractivity contribution in [2.75, 3.05) is 19.8 Å². The largest absolute Gasteiger partial charge is 0.460 e. The maximum absolute atomic E-state index is 11.7. The average molecular weight is 266 g/mol. The molecule has 3 nitrogen and oxygen atoms in total. The lowest BCUT2D eigenvalue weighted by Gasteiger charge is -2.08. The van der Waals surface area contributed by atoms with Crippen LogP contribution in [0.1, 0.15) is 19.8 Å². The second-order valence-corrected chi connectivity index (χ2v) is 3.39. The van der Waals surface area contributed by atoms with Gasteiger partial charge >= 0.3 is 12.1 Å². The highest BCUT2D eigenvalue weighted by Gasteiger charge is 2.26. The van der Waals surface area contributed by atoms with Gasteiger partial charge in [0.05, 0.1) is 19.6 Å². The fourth-order valence-corrected chi connectivity index (χ4v) is 1.05. The molecule has 0 bridgehead atoms. The van der Waals surface area contributed by atoms with Crippen LogP contribution in [0.5, 0.6) is 0 Å². The normalized spacial score (nSPS) is 12.3. The van der Waals surface area contributed by atoms with Gasteiger partial charge in [-0.2, -0.15) is 13.2 Å². The molecule has 0 aromatic carbocycles. The molecule has 0 heterocycles. The lowest BCUT2D eigenvalue weighted by molar-refractivity contribution is -0.150. The molecular weight excluding hydrogens is 249 g/mol. The summed E-state index contributed by atoms with van der Waals surface area (Å²) in [5, 5.41) is 0. The van der Waals surface area contributed by atoms with Gasteiger partial charge in [0.2, 0.25) is 0 Å². The summed E-state index contributed by atoms with van der Waals surface area (Å²) in [7, 11) is 0. The Balaban J connectivity index is 3.69. The lowest BCUT2D eigenvalue weighted by atomic mass is 10.2. The predicted octanol–water partition coefficient (Wildman–Crippen LogP) is 3.02. The molecule has 6 heteroatoms. The van der Waals surface area contributed by atoms with Crippen molar-refractivity contribution in [3.63, 3.8) is 0 Å². The van der Waals surface area contributed by atoms with E-state index in [4.69, 9.17) is 9.47 Å². The minimum absolute atomic E-state index is 0.0487. The number of esters is 1. The molecule has 0 amide bonds. The molecule has 0 atom stereocenters. The third-order valence-electron chi connectivity index (χ3n) is 1.95.